The van der Waals surface area contributed by atoms with Gasteiger partial charge in [0.15, 0.2) is 5.78 Å². The summed E-state index contributed by atoms with van der Waals surface area (Å²) in [6, 6.07) is 3.89. The smallest absolute Gasteiger partial charge is 0.266 e. The second-order valence-electron chi connectivity index (χ2n) is 7.55. The van der Waals surface area contributed by atoms with Crippen LogP contribution in [0.1, 0.15) is 72.1 Å². The lowest BCUT2D eigenvalue weighted by Crippen LogP contribution is -2.45. The van der Waals surface area contributed by atoms with Crippen LogP contribution < -0.4 is 10.1 Å². The average Bonchev–Trinajstić information content (AvgIpc) is 2.98. The van der Waals surface area contributed by atoms with E-state index < -0.39 is 17.9 Å². The van der Waals surface area contributed by atoms with Gasteiger partial charge in [0, 0.05) is 32.7 Å². The Hall–Kier alpha value is -3.03. The van der Waals surface area contributed by atoms with Crippen molar-refractivity contribution < 1.29 is 28.7 Å². The molecule has 0 aromatic heterocycles. The molecule has 1 heterocycles. The van der Waals surface area contributed by atoms with E-state index >= 15 is 0 Å². The fraction of sp³-hybridized carbons (Fsp3) is 0.500. The molecule has 0 spiro atoms. The number of benzene rings is 1. The first kappa shape index (κ1) is 21.7. The standard InChI is InChI=1S/C22H26N2O6/c1-23-19(27)10-2-3-13-30-18-9-5-7-15-20(18)22(29)24(21(15)28)16-12-11-14(25)6-4-8-17(16)26/h5,7,9,16H,2-4,6,8,10-13H2,1H3,(H,23,27). The van der Waals surface area contributed by atoms with Crippen LogP contribution >= 0.6 is 0 Å². The monoisotopic (exact) mass is 414 g/mol. The predicted octanol–water partition coefficient (Wildman–Crippen LogP) is 2.05. The molecule has 1 aliphatic carbocycles. The van der Waals surface area contributed by atoms with Crippen molar-refractivity contribution in [3.8, 4) is 5.75 Å². The van der Waals surface area contributed by atoms with Gasteiger partial charge in [0.1, 0.15) is 11.5 Å². The van der Waals surface area contributed by atoms with Gasteiger partial charge in [0.2, 0.25) is 5.91 Å². The van der Waals surface area contributed by atoms with E-state index in [4.69, 9.17) is 4.74 Å². The second-order valence-corrected chi connectivity index (χ2v) is 7.55. The van der Waals surface area contributed by atoms with Gasteiger partial charge in [-0.1, -0.05) is 6.07 Å². The molecule has 1 aromatic rings. The molecule has 1 unspecified atom stereocenters. The van der Waals surface area contributed by atoms with Crippen LogP contribution in [0.4, 0.5) is 0 Å². The molecule has 8 nitrogen and oxygen atoms in total. The van der Waals surface area contributed by atoms with Gasteiger partial charge in [-0.3, -0.25) is 28.9 Å². The Labute approximate surface area is 174 Å². The minimum atomic E-state index is -0.915. The van der Waals surface area contributed by atoms with Gasteiger partial charge in [-0.15, -0.1) is 0 Å². The van der Waals surface area contributed by atoms with E-state index in [1.807, 2.05) is 0 Å². The lowest BCUT2D eigenvalue weighted by Gasteiger charge is -2.26. The van der Waals surface area contributed by atoms with Crippen molar-refractivity contribution in [2.75, 3.05) is 13.7 Å². The third-order valence-corrected chi connectivity index (χ3v) is 5.50. The second kappa shape index (κ2) is 9.65. The van der Waals surface area contributed by atoms with Gasteiger partial charge in [0.05, 0.1) is 23.8 Å². The van der Waals surface area contributed by atoms with Crippen LogP contribution in [-0.4, -0.2) is 53.9 Å². The van der Waals surface area contributed by atoms with Crippen LogP contribution in [0.3, 0.4) is 0 Å². The van der Waals surface area contributed by atoms with E-state index in [0.717, 1.165) is 4.90 Å². The highest BCUT2D eigenvalue weighted by Gasteiger charge is 2.44. The van der Waals surface area contributed by atoms with Crippen molar-refractivity contribution in [3.63, 3.8) is 0 Å². The van der Waals surface area contributed by atoms with Gasteiger partial charge < -0.3 is 10.1 Å². The molecular weight excluding hydrogens is 388 g/mol. The highest BCUT2D eigenvalue weighted by molar-refractivity contribution is 6.24. The number of fused-ring (bicyclic) bond motifs is 1. The van der Waals surface area contributed by atoms with E-state index in [1.54, 1.807) is 25.2 Å². The fourth-order valence-electron chi connectivity index (χ4n) is 3.85. The number of rotatable bonds is 7. The molecule has 1 aliphatic heterocycles. The Morgan fingerprint density at radius 2 is 1.90 bits per heavy atom. The lowest BCUT2D eigenvalue weighted by molar-refractivity contribution is -0.126. The highest BCUT2D eigenvalue weighted by Crippen LogP contribution is 2.34. The minimum Gasteiger partial charge on any atom is -0.493 e. The minimum absolute atomic E-state index is 0.0462. The quantitative estimate of drug-likeness (QED) is 0.540. The molecule has 0 saturated heterocycles. The topological polar surface area (TPSA) is 110 Å². The molecule has 1 aromatic carbocycles. The number of amides is 3. The van der Waals surface area contributed by atoms with Gasteiger partial charge in [-0.25, -0.2) is 0 Å². The number of hydrogen-bond donors (Lipinski definition) is 1. The predicted molar refractivity (Wildman–Crippen MR) is 107 cm³/mol. The maximum absolute atomic E-state index is 13.1. The van der Waals surface area contributed by atoms with E-state index in [0.29, 0.717) is 44.5 Å². The Morgan fingerprint density at radius 1 is 1.10 bits per heavy atom. The molecular formula is C22H26N2O6. The first-order chi connectivity index (χ1) is 14.4. The molecule has 3 rings (SSSR count). The van der Waals surface area contributed by atoms with Crippen molar-refractivity contribution >= 4 is 29.3 Å². The van der Waals surface area contributed by atoms with Crippen molar-refractivity contribution in [3.05, 3.63) is 29.3 Å². The number of nitrogens with zero attached hydrogens (tertiary/aromatic N) is 1. The van der Waals surface area contributed by atoms with Crippen molar-refractivity contribution in [1.82, 2.24) is 10.2 Å². The zero-order chi connectivity index (χ0) is 21.7. The number of carbonyl (C=O) groups excluding carboxylic acids is 5. The van der Waals surface area contributed by atoms with E-state index in [1.165, 1.54) is 0 Å². The van der Waals surface area contributed by atoms with Crippen molar-refractivity contribution in [2.24, 2.45) is 0 Å². The zero-order valence-electron chi connectivity index (χ0n) is 17.1. The summed E-state index contributed by atoms with van der Waals surface area (Å²) in [4.78, 5) is 62.7. The molecule has 1 saturated carbocycles. The summed E-state index contributed by atoms with van der Waals surface area (Å²) in [5.41, 5.74) is 0.374. The first-order valence-corrected chi connectivity index (χ1v) is 10.3. The number of ether oxygens (including phenoxy) is 1. The summed E-state index contributed by atoms with van der Waals surface area (Å²) in [6.45, 7) is 0.297. The molecule has 2 aliphatic rings. The summed E-state index contributed by atoms with van der Waals surface area (Å²) in [5.74, 6) is -0.968. The summed E-state index contributed by atoms with van der Waals surface area (Å²) in [5, 5.41) is 2.55. The Morgan fingerprint density at radius 3 is 2.67 bits per heavy atom. The van der Waals surface area contributed by atoms with Gasteiger partial charge in [-0.05, 0) is 37.8 Å². The van der Waals surface area contributed by atoms with Crippen LogP contribution in [-0.2, 0) is 14.4 Å². The van der Waals surface area contributed by atoms with Crippen molar-refractivity contribution in [2.45, 2.75) is 57.4 Å². The summed E-state index contributed by atoms with van der Waals surface area (Å²) in [7, 11) is 1.58. The number of carbonyl (C=O) groups is 5. The maximum atomic E-state index is 13.1. The molecule has 0 radical (unpaired) electrons. The molecule has 3 amide bonds. The largest absolute Gasteiger partial charge is 0.493 e. The Kier molecular flexibility index (Phi) is 6.97. The molecule has 160 valence electrons. The molecule has 8 heteroatoms. The summed E-state index contributed by atoms with van der Waals surface area (Å²) >= 11 is 0. The van der Waals surface area contributed by atoms with Gasteiger partial charge in [0.25, 0.3) is 11.8 Å². The van der Waals surface area contributed by atoms with Crippen LogP contribution in [0, 0.1) is 0 Å². The van der Waals surface area contributed by atoms with Crippen molar-refractivity contribution in [1.29, 1.82) is 0 Å². The number of hydrogen-bond acceptors (Lipinski definition) is 6. The molecule has 1 atom stereocenters. The normalized spacial score (nSPS) is 19.4. The Bertz CT molecular complexity index is 878. The molecule has 1 fully saturated rings. The summed E-state index contributed by atoms with van der Waals surface area (Å²) < 4.78 is 5.74. The SMILES string of the molecule is CNC(=O)CCCCOc1cccc2c1C(=O)N(C1CCC(=O)CCCC1=O)C2=O. The molecule has 0 bridgehead atoms. The highest BCUT2D eigenvalue weighted by atomic mass is 16.5. The van der Waals surface area contributed by atoms with Crippen LogP contribution in [0.15, 0.2) is 18.2 Å². The number of Topliss-reactive ketones (excluding diaryl/α,β-unsaturated/α-hetero) is 2. The third kappa shape index (κ3) is 4.58. The van der Waals surface area contributed by atoms with E-state index in [-0.39, 0.29) is 47.9 Å². The van der Waals surface area contributed by atoms with Crippen LogP contribution in [0.5, 0.6) is 5.75 Å². The third-order valence-electron chi connectivity index (χ3n) is 5.50. The maximum Gasteiger partial charge on any atom is 0.266 e. The zero-order valence-corrected chi connectivity index (χ0v) is 17.1. The molecule has 1 N–H and O–H groups in total. The summed E-state index contributed by atoms with van der Waals surface area (Å²) in [6.07, 6.45) is 2.97. The van der Waals surface area contributed by atoms with Gasteiger partial charge >= 0.3 is 0 Å². The number of nitrogens with one attached hydrogen (secondary N) is 1. The molecule has 30 heavy (non-hydrogen) atoms. The first-order valence-electron chi connectivity index (χ1n) is 10.3. The van der Waals surface area contributed by atoms with E-state index in [2.05, 4.69) is 5.32 Å². The Balaban J connectivity index is 1.73. The van der Waals surface area contributed by atoms with Crippen LogP contribution in [0.25, 0.3) is 0 Å². The number of ketones is 2. The lowest BCUT2D eigenvalue weighted by atomic mass is 9.94. The van der Waals surface area contributed by atoms with Crippen LogP contribution in [0.2, 0.25) is 0 Å². The number of unbranched alkanes of at least 4 members (excludes halogenated alkanes) is 1. The fourth-order valence-corrected chi connectivity index (χ4v) is 3.85. The van der Waals surface area contributed by atoms with E-state index in [9.17, 15) is 24.0 Å². The van der Waals surface area contributed by atoms with Gasteiger partial charge in [-0.2, -0.15) is 0 Å². The average molecular weight is 414 g/mol. The number of imide groups is 1.